The molecule has 0 aromatic rings. The topological polar surface area (TPSA) is 20.2 Å². The molecule has 1 aliphatic carbocycles. The minimum absolute atomic E-state index is 0.0117. The highest BCUT2D eigenvalue weighted by atomic mass is 16.3. The second-order valence-corrected chi connectivity index (χ2v) is 7.71. The lowest BCUT2D eigenvalue weighted by Gasteiger charge is -2.54. The van der Waals surface area contributed by atoms with Crippen LogP contribution in [0.3, 0.4) is 0 Å². The number of rotatable bonds is 0. The summed E-state index contributed by atoms with van der Waals surface area (Å²) in [5.74, 6) is 0. The fourth-order valence-corrected chi connectivity index (χ4v) is 2.90. The molecule has 1 heteroatoms. The highest BCUT2D eigenvalue weighted by Gasteiger charge is 2.53. The fraction of sp³-hybridized carbons (Fsp3) is 0.750. The number of aliphatic hydroxyl groups is 1. The molecule has 1 aliphatic rings. The molecule has 0 saturated carbocycles. The smallest absolute Gasteiger partial charge is 0.0929 e. The van der Waals surface area contributed by atoms with Gasteiger partial charge in [-0.3, -0.25) is 0 Å². The predicted molar refractivity (Wildman–Crippen MR) is 74.9 cm³/mol. The summed E-state index contributed by atoms with van der Waals surface area (Å²) in [6, 6.07) is 0. The van der Waals surface area contributed by atoms with Gasteiger partial charge in [0, 0.05) is 5.41 Å². The largest absolute Gasteiger partial charge is 0.385 e. The van der Waals surface area contributed by atoms with Gasteiger partial charge in [0.2, 0.25) is 0 Å². The standard InChI is InChI=1S/C16H28O/c1-13(2,3)12-10-9-11-15(7,14(4,5)6)16(12,8)17/h9-11,17H,1-8H3. The van der Waals surface area contributed by atoms with Crippen LogP contribution < -0.4 is 0 Å². The van der Waals surface area contributed by atoms with Crippen molar-refractivity contribution in [3.8, 4) is 0 Å². The van der Waals surface area contributed by atoms with Crippen molar-refractivity contribution in [3.63, 3.8) is 0 Å². The molecular weight excluding hydrogens is 208 g/mol. The lowest BCUT2D eigenvalue weighted by Crippen LogP contribution is -2.54. The molecule has 0 aliphatic heterocycles. The van der Waals surface area contributed by atoms with Crippen LogP contribution in [0, 0.1) is 16.2 Å². The van der Waals surface area contributed by atoms with Crippen LogP contribution in [0.4, 0.5) is 0 Å². The van der Waals surface area contributed by atoms with E-state index in [0.29, 0.717) is 0 Å². The molecule has 0 amide bonds. The summed E-state index contributed by atoms with van der Waals surface area (Å²) in [5, 5.41) is 11.1. The predicted octanol–water partition coefficient (Wildman–Crippen LogP) is 4.33. The summed E-state index contributed by atoms with van der Waals surface area (Å²) in [4.78, 5) is 0. The van der Waals surface area contributed by atoms with Crippen LogP contribution in [0.2, 0.25) is 0 Å². The Morgan fingerprint density at radius 1 is 1.00 bits per heavy atom. The highest BCUT2D eigenvalue weighted by Crippen LogP contribution is 2.55. The molecule has 0 aromatic heterocycles. The van der Waals surface area contributed by atoms with Gasteiger partial charge in [-0.1, -0.05) is 66.7 Å². The van der Waals surface area contributed by atoms with Gasteiger partial charge in [0.1, 0.15) is 0 Å². The first-order chi connectivity index (χ1) is 7.34. The van der Waals surface area contributed by atoms with E-state index in [9.17, 15) is 5.11 Å². The highest BCUT2D eigenvalue weighted by molar-refractivity contribution is 5.38. The molecule has 0 saturated heterocycles. The third-order valence-electron chi connectivity index (χ3n) is 4.59. The van der Waals surface area contributed by atoms with Crippen LogP contribution in [0.25, 0.3) is 0 Å². The first kappa shape index (κ1) is 14.5. The summed E-state index contributed by atoms with van der Waals surface area (Å²) in [6.45, 7) is 17.2. The molecule has 17 heavy (non-hydrogen) atoms. The molecule has 0 fully saturated rings. The minimum atomic E-state index is -0.807. The van der Waals surface area contributed by atoms with Gasteiger partial charge in [0.25, 0.3) is 0 Å². The van der Waals surface area contributed by atoms with Gasteiger partial charge in [0.15, 0.2) is 0 Å². The van der Waals surface area contributed by atoms with Crippen LogP contribution in [-0.4, -0.2) is 10.7 Å². The van der Waals surface area contributed by atoms with Crippen LogP contribution in [0.5, 0.6) is 0 Å². The van der Waals surface area contributed by atoms with E-state index in [0.717, 1.165) is 5.57 Å². The van der Waals surface area contributed by atoms with Crippen molar-refractivity contribution in [3.05, 3.63) is 23.8 Å². The van der Waals surface area contributed by atoms with E-state index >= 15 is 0 Å². The monoisotopic (exact) mass is 236 g/mol. The fourth-order valence-electron chi connectivity index (χ4n) is 2.90. The van der Waals surface area contributed by atoms with Crippen LogP contribution >= 0.6 is 0 Å². The molecule has 0 radical (unpaired) electrons. The lowest BCUT2D eigenvalue weighted by molar-refractivity contribution is -0.0725. The Bertz CT molecular complexity index is 358. The maximum absolute atomic E-state index is 11.1. The Balaban J connectivity index is 3.38. The van der Waals surface area contributed by atoms with E-state index in [2.05, 4.69) is 66.7 Å². The zero-order chi connectivity index (χ0) is 13.7. The lowest BCUT2D eigenvalue weighted by atomic mass is 9.53. The van der Waals surface area contributed by atoms with E-state index < -0.39 is 5.60 Å². The van der Waals surface area contributed by atoms with Gasteiger partial charge < -0.3 is 5.11 Å². The SMILES string of the molecule is CC(C)(C)C1=CC=CC(C)(C(C)(C)C)C1(C)O. The van der Waals surface area contributed by atoms with E-state index in [-0.39, 0.29) is 16.2 Å². The second-order valence-electron chi connectivity index (χ2n) is 7.71. The Labute approximate surface area is 107 Å². The maximum atomic E-state index is 11.1. The average molecular weight is 236 g/mol. The molecule has 98 valence electrons. The summed E-state index contributed by atoms with van der Waals surface area (Å²) in [6.07, 6.45) is 6.33. The molecular formula is C16H28O. The quantitative estimate of drug-likeness (QED) is 0.663. The summed E-state index contributed by atoms with van der Waals surface area (Å²) in [5.41, 5.74) is 0.0543. The molecule has 1 nitrogen and oxygen atoms in total. The molecule has 1 rings (SSSR count). The Hall–Kier alpha value is -0.560. The average Bonchev–Trinajstić information content (AvgIpc) is 2.05. The molecule has 2 atom stereocenters. The third-order valence-corrected chi connectivity index (χ3v) is 4.59. The summed E-state index contributed by atoms with van der Waals surface area (Å²) < 4.78 is 0. The van der Waals surface area contributed by atoms with Crippen molar-refractivity contribution in [2.45, 2.75) is 61.0 Å². The molecule has 2 unspecified atom stereocenters. The van der Waals surface area contributed by atoms with E-state index in [1.165, 1.54) is 0 Å². The Kier molecular flexibility index (Phi) is 3.17. The maximum Gasteiger partial charge on any atom is 0.0929 e. The summed E-state index contributed by atoms with van der Waals surface area (Å²) in [7, 11) is 0. The van der Waals surface area contributed by atoms with E-state index in [1.54, 1.807) is 0 Å². The third kappa shape index (κ3) is 2.10. The first-order valence-corrected chi connectivity index (χ1v) is 6.47. The normalized spacial score (nSPS) is 34.8. The number of hydrogen-bond donors (Lipinski definition) is 1. The molecule has 0 bridgehead atoms. The Morgan fingerprint density at radius 2 is 1.47 bits per heavy atom. The van der Waals surface area contributed by atoms with Crippen LogP contribution in [-0.2, 0) is 0 Å². The van der Waals surface area contributed by atoms with Gasteiger partial charge in [-0.15, -0.1) is 0 Å². The van der Waals surface area contributed by atoms with Gasteiger partial charge in [-0.05, 0) is 23.3 Å². The zero-order valence-corrected chi connectivity index (χ0v) is 12.7. The Morgan fingerprint density at radius 3 is 1.82 bits per heavy atom. The van der Waals surface area contributed by atoms with Crippen LogP contribution in [0.15, 0.2) is 23.8 Å². The minimum Gasteiger partial charge on any atom is -0.385 e. The first-order valence-electron chi connectivity index (χ1n) is 6.47. The van der Waals surface area contributed by atoms with Gasteiger partial charge in [-0.2, -0.15) is 0 Å². The van der Waals surface area contributed by atoms with Crippen LogP contribution in [0.1, 0.15) is 55.4 Å². The molecule has 0 heterocycles. The second kappa shape index (κ2) is 3.71. The van der Waals surface area contributed by atoms with Crippen molar-refractivity contribution in [1.29, 1.82) is 0 Å². The van der Waals surface area contributed by atoms with Crippen molar-refractivity contribution >= 4 is 0 Å². The molecule has 1 N–H and O–H groups in total. The molecule has 0 aromatic carbocycles. The van der Waals surface area contributed by atoms with Gasteiger partial charge in [0.05, 0.1) is 5.60 Å². The van der Waals surface area contributed by atoms with Crippen molar-refractivity contribution < 1.29 is 5.11 Å². The van der Waals surface area contributed by atoms with Crippen molar-refractivity contribution in [2.75, 3.05) is 0 Å². The van der Waals surface area contributed by atoms with Crippen molar-refractivity contribution in [2.24, 2.45) is 16.2 Å². The van der Waals surface area contributed by atoms with E-state index in [4.69, 9.17) is 0 Å². The van der Waals surface area contributed by atoms with Crippen molar-refractivity contribution in [1.82, 2.24) is 0 Å². The van der Waals surface area contributed by atoms with Gasteiger partial charge in [-0.25, -0.2) is 0 Å². The summed E-state index contributed by atoms with van der Waals surface area (Å²) >= 11 is 0. The number of allylic oxidation sites excluding steroid dienone is 2. The molecule has 0 spiro atoms. The van der Waals surface area contributed by atoms with Gasteiger partial charge >= 0.3 is 0 Å². The zero-order valence-electron chi connectivity index (χ0n) is 12.7. The number of hydrogen-bond acceptors (Lipinski definition) is 1. The van der Waals surface area contributed by atoms with E-state index in [1.807, 2.05) is 6.92 Å².